The van der Waals surface area contributed by atoms with E-state index in [-0.39, 0.29) is 11.3 Å². The normalized spacial score (nSPS) is 19.8. The Morgan fingerprint density at radius 3 is 2.61 bits per heavy atom. The number of carbonyl (C=O) groups is 2. The van der Waals surface area contributed by atoms with Crippen LogP contribution >= 0.6 is 22.7 Å². The fourth-order valence-corrected chi connectivity index (χ4v) is 5.65. The number of thiophene rings is 2. The molecule has 0 bridgehead atoms. The number of benzene rings is 1. The summed E-state index contributed by atoms with van der Waals surface area (Å²) in [5.41, 5.74) is 1.49. The Morgan fingerprint density at radius 1 is 1.10 bits per heavy atom. The van der Waals surface area contributed by atoms with Crippen molar-refractivity contribution in [3.63, 3.8) is 0 Å². The highest BCUT2D eigenvalue weighted by Crippen LogP contribution is 2.44. The highest BCUT2D eigenvalue weighted by molar-refractivity contribution is 7.10. The van der Waals surface area contributed by atoms with E-state index in [1.54, 1.807) is 23.1 Å². The van der Waals surface area contributed by atoms with E-state index >= 15 is 0 Å². The lowest BCUT2D eigenvalue weighted by Crippen LogP contribution is -2.28. The number of Topliss-reactive ketones (excluding diaryl/α,β-unsaturated/α-hetero) is 1. The number of hydrogen-bond donors (Lipinski definition) is 1. The smallest absolute Gasteiger partial charge is 0.296 e. The third-order valence-electron chi connectivity index (χ3n) is 5.41. The van der Waals surface area contributed by atoms with Crippen molar-refractivity contribution in [2.75, 3.05) is 13.2 Å². The van der Waals surface area contributed by atoms with E-state index in [2.05, 4.69) is 0 Å². The van der Waals surface area contributed by atoms with Crippen LogP contribution in [0.2, 0.25) is 0 Å². The highest BCUT2D eigenvalue weighted by atomic mass is 32.1. The molecule has 2 aromatic heterocycles. The van der Waals surface area contributed by atoms with Crippen molar-refractivity contribution in [3.8, 4) is 11.5 Å². The van der Waals surface area contributed by atoms with Crippen molar-refractivity contribution in [2.45, 2.75) is 19.5 Å². The molecule has 1 fully saturated rings. The van der Waals surface area contributed by atoms with Gasteiger partial charge in [-0.15, -0.1) is 22.7 Å². The number of fused-ring (bicyclic) bond motifs is 1. The molecule has 2 aliphatic rings. The molecule has 158 valence electrons. The summed E-state index contributed by atoms with van der Waals surface area (Å²) < 4.78 is 11.2. The standard InChI is InChI=1S/C23H19NO5S2/c1-13-6-10-31-22(13)19-18(21(26)23(27)24(19)12-15-3-2-9-30-15)20(25)14-4-5-16-17(11-14)29-8-7-28-16/h2-6,9-11,19,25H,7-8,12H2,1H3/b20-18-. The van der Waals surface area contributed by atoms with Crippen molar-refractivity contribution in [1.82, 2.24) is 4.90 Å². The third-order valence-corrected chi connectivity index (χ3v) is 7.34. The molecule has 0 radical (unpaired) electrons. The van der Waals surface area contributed by atoms with Crippen LogP contribution < -0.4 is 9.47 Å². The number of carbonyl (C=O) groups excluding carboxylic acids is 2. The zero-order chi connectivity index (χ0) is 21.5. The van der Waals surface area contributed by atoms with E-state index in [1.807, 2.05) is 35.9 Å². The SMILES string of the molecule is Cc1ccsc1C1/C(=C(/O)c2ccc3c(c2)OCCO3)C(=O)C(=O)N1Cc1cccs1. The van der Waals surface area contributed by atoms with E-state index in [0.29, 0.717) is 36.8 Å². The summed E-state index contributed by atoms with van der Waals surface area (Å²) in [6.07, 6.45) is 0. The van der Waals surface area contributed by atoms with Gasteiger partial charge in [-0.05, 0) is 53.6 Å². The first-order valence-corrected chi connectivity index (χ1v) is 11.6. The molecule has 0 saturated carbocycles. The van der Waals surface area contributed by atoms with E-state index in [4.69, 9.17) is 9.47 Å². The zero-order valence-electron chi connectivity index (χ0n) is 16.7. The fourth-order valence-electron chi connectivity index (χ4n) is 3.90. The van der Waals surface area contributed by atoms with Crippen LogP contribution in [0.25, 0.3) is 5.76 Å². The van der Waals surface area contributed by atoms with Gasteiger partial charge in [0.05, 0.1) is 12.1 Å². The predicted molar refractivity (Wildman–Crippen MR) is 119 cm³/mol. The van der Waals surface area contributed by atoms with Crippen LogP contribution in [0.4, 0.5) is 0 Å². The van der Waals surface area contributed by atoms with Crippen LogP contribution in [0.15, 0.2) is 52.7 Å². The molecular weight excluding hydrogens is 434 g/mol. The Kier molecular flexibility index (Phi) is 5.03. The number of ketones is 1. The van der Waals surface area contributed by atoms with Crippen molar-refractivity contribution in [1.29, 1.82) is 0 Å². The maximum absolute atomic E-state index is 13.1. The minimum Gasteiger partial charge on any atom is -0.507 e. The topological polar surface area (TPSA) is 76.1 Å². The molecule has 1 atom stereocenters. The summed E-state index contributed by atoms with van der Waals surface area (Å²) >= 11 is 3.00. The third kappa shape index (κ3) is 3.41. The van der Waals surface area contributed by atoms with Gasteiger partial charge >= 0.3 is 0 Å². The lowest BCUT2D eigenvalue weighted by atomic mass is 9.98. The molecule has 1 N–H and O–H groups in total. The second kappa shape index (κ2) is 7.86. The molecule has 6 nitrogen and oxygen atoms in total. The largest absolute Gasteiger partial charge is 0.507 e. The van der Waals surface area contributed by atoms with E-state index in [1.165, 1.54) is 22.7 Å². The number of nitrogens with zero attached hydrogens (tertiary/aromatic N) is 1. The van der Waals surface area contributed by atoms with Crippen LogP contribution in [-0.2, 0) is 16.1 Å². The lowest BCUT2D eigenvalue weighted by molar-refractivity contribution is -0.140. The lowest BCUT2D eigenvalue weighted by Gasteiger charge is -2.24. The Labute approximate surface area is 187 Å². The summed E-state index contributed by atoms with van der Waals surface area (Å²) in [5, 5.41) is 15.1. The molecule has 1 aromatic carbocycles. The minimum atomic E-state index is -0.679. The van der Waals surface area contributed by atoms with Crippen LogP contribution in [-0.4, -0.2) is 34.9 Å². The van der Waals surface area contributed by atoms with Gasteiger partial charge in [-0.1, -0.05) is 6.07 Å². The maximum Gasteiger partial charge on any atom is 0.296 e. The van der Waals surface area contributed by atoms with Crippen molar-refractivity contribution < 1.29 is 24.2 Å². The number of ether oxygens (including phenoxy) is 2. The van der Waals surface area contributed by atoms with E-state index < -0.39 is 17.7 Å². The number of aliphatic hydroxyl groups excluding tert-OH is 1. The fraction of sp³-hybridized carbons (Fsp3) is 0.217. The first-order valence-electron chi connectivity index (χ1n) is 9.79. The van der Waals surface area contributed by atoms with Gasteiger partial charge in [-0.25, -0.2) is 0 Å². The Bertz CT molecular complexity index is 1190. The molecule has 4 heterocycles. The Balaban J connectivity index is 1.64. The minimum absolute atomic E-state index is 0.101. The molecule has 3 aromatic rings. The van der Waals surface area contributed by atoms with Crippen molar-refractivity contribution in [3.05, 3.63) is 73.6 Å². The van der Waals surface area contributed by atoms with Gasteiger partial charge in [0.25, 0.3) is 11.7 Å². The molecule has 31 heavy (non-hydrogen) atoms. The van der Waals surface area contributed by atoms with Gasteiger partial charge in [-0.3, -0.25) is 9.59 Å². The summed E-state index contributed by atoms with van der Waals surface area (Å²) in [7, 11) is 0. The second-order valence-corrected chi connectivity index (χ2v) is 9.31. The van der Waals surface area contributed by atoms with Crippen LogP contribution in [0.1, 0.15) is 26.9 Å². The average Bonchev–Trinajstić information content (AvgIpc) is 3.50. The number of rotatable bonds is 4. The average molecular weight is 454 g/mol. The maximum atomic E-state index is 13.1. The van der Waals surface area contributed by atoms with Gasteiger partial charge in [0, 0.05) is 15.3 Å². The van der Waals surface area contributed by atoms with Crippen molar-refractivity contribution >= 4 is 40.1 Å². The molecule has 1 amide bonds. The van der Waals surface area contributed by atoms with Gasteiger partial charge in [0.1, 0.15) is 25.0 Å². The molecule has 2 aliphatic heterocycles. The molecule has 1 saturated heterocycles. The monoisotopic (exact) mass is 453 g/mol. The van der Waals surface area contributed by atoms with Crippen LogP contribution in [0.3, 0.4) is 0 Å². The molecule has 0 aliphatic carbocycles. The number of aryl methyl sites for hydroxylation is 1. The number of aliphatic hydroxyl groups is 1. The summed E-state index contributed by atoms with van der Waals surface area (Å²) in [6.45, 7) is 3.13. The molecule has 0 spiro atoms. The summed E-state index contributed by atoms with van der Waals surface area (Å²) in [4.78, 5) is 29.5. The zero-order valence-corrected chi connectivity index (χ0v) is 18.3. The molecular formula is C23H19NO5S2. The van der Waals surface area contributed by atoms with Gasteiger partial charge in [0.15, 0.2) is 11.5 Å². The van der Waals surface area contributed by atoms with Crippen LogP contribution in [0, 0.1) is 6.92 Å². The van der Waals surface area contributed by atoms with Crippen LogP contribution in [0.5, 0.6) is 11.5 Å². The number of amides is 1. The van der Waals surface area contributed by atoms with Gasteiger partial charge < -0.3 is 19.5 Å². The quantitative estimate of drug-likeness (QED) is 0.357. The first-order chi connectivity index (χ1) is 15.0. The predicted octanol–water partition coefficient (Wildman–Crippen LogP) is 4.51. The Morgan fingerprint density at radius 2 is 1.90 bits per heavy atom. The highest BCUT2D eigenvalue weighted by Gasteiger charge is 2.47. The van der Waals surface area contributed by atoms with E-state index in [0.717, 1.165) is 15.3 Å². The summed E-state index contributed by atoms with van der Waals surface area (Å²) in [6, 6.07) is 10.2. The van der Waals surface area contributed by atoms with Gasteiger partial charge in [-0.2, -0.15) is 0 Å². The van der Waals surface area contributed by atoms with Crippen molar-refractivity contribution in [2.24, 2.45) is 0 Å². The number of likely N-dealkylation sites (tertiary alicyclic amines) is 1. The first kappa shape index (κ1) is 19.8. The Hall–Kier alpha value is -3.10. The molecule has 8 heteroatoms. The second-order valence-electron chi connectivity index (χ2n) is 7.33. The molecule has 1 unspecified atom stereocenters. The van der Waals surface area contributed by atoms with Gasteiger partial charge in [0.2, 0.25) is 0 Å². The molecule has 5 rings (SSSR count). The number of hydrogen-bond acceptors (Lipinski definition) is 7. The van der Waals surface area contributed by atoms with E-state index in [9.17, 15) is 14.7 Å². The summed E-state index contributed by atoms with van der Waals surface area (Å²) in [5.74, 6) is -0.396.